The molecule has 1 aliphatic rings. The molecule has 0 saturated heterocycles. The van der Waals surface area contributed by atoms with Gasteiger partial charge in [-0.15, -0.1) is 11.6 Å². The molecule has 1 atom stereocenters. The van der Waals surface area contributed by atoms with Crippen LogP contribution >= 0.6 is 11.6 Å². The molecule has 0 saturated carbocycles. The van der Waals surface area contributed by atoms with Crippen molar-refractivity contribution < 1.29 is 4.79 Å². The standard InChI is InChI=1S/C18H18ClNO/c19-12-13-5-3-8-15(11-13)20-18(21)17-10-4-7-14-6-1-2-9-16(14)17/h1-3,5-6,8-9,11,17H,4,7,10,12H2,(H,20,21). The van der Waals surface area contributed by atoms with E-state index in [0.29, 0.717) is 5.88 Å². The monoisotopic (exact) mass is 299 g/mol. The summed E-state index contributed by atoms with van der Waals surface area (Å²) < 4.78 is 0. The number of benzene rings is 2. The molecule has 108 valence electrons. The van der Waals surface area contributed by atoms with Crippen LogP contribution in [0.2, 0.25) is 0 Å². The van der Waals surface area contributed by atoms with Crippen molar-refractivity contribution in [2.24, 2.45) is 0 Å². The number of fused-ring (bicyclic) bond motifs is 1. The topological polar surface area (TPSA) is 29.1 Å². The van der Waals surface area contributed by atoms with Crippen LogP contribution < -0.4 is 5.32 Å². The van der Waals surface area contributed by atoms with E-state index >= 15 is 0 Å². The Morgan fingerprint density at radius 1 is 1.19 bits per heavy atom. The molecule has 1 unspecified atom stereocenters. The van der Waals surface area contributed by atoms with E-state index in [-0.39, 0.29) is 11.8 Å². The summed E-state index contributed by atoms with van der Waals surface area (Å²) in [6, 6.07) is 16.0. The zero-order chi connectivity index (χ0) is 14.7. The number of rotatable bonds is 3. The molecule has 0 bridgehead atoms. The van der Waals surface area contributed by atoms with Crippen molar-refractivity contribution in [3.8, 4) is 0 Å². The van der Waals surface area contributed by atoms with Gasteiger partial charge >= 0.3 is 0 Å². The summed E-state index contributed by atoms with van der Waals surface area (Å²) in [7, 11) is 0. The Morgan fingerprint density at radius 3 is 2.90 bits per heavy atom. The summed E-state index contributed by atoms with van der Waals surface area (Å²) >= 11 is 5.84. The van der Waals surface area contributed by atoms with Gasteiger partial charge in [0.05, 0.1) is 5.92 Å². The number of aryl methyl sites for hydroxylation is 1. The van der Waals surface area contributed by atoms with Gasteiger partial charge in [-0.1, -0.05) is 36.4 Å². The molecule has 3 heteroatoms. The first-order valence-electron chi connectivity index (χ1n) is 7.31. The highest BCUT2D eigenvalue weighted by atomic mass is 35.5. The first kappa shape index (κ1) is 14.2. The number of hydrogen-bond donors (Lipinski definition) is 1. The molecule has 0 aromatic heterocycles. The second kappa shape index (κ2) is 6.31. The van der Waals surface area contributed by atoms with Gasteiger partial charge in [0, 0.05) is 11.6 Å². The van der Waals surface area contributed by atoms with Crippen LogP contribution in [0.15, 0.2) is 48.5 Å². The molecule has 1 aliphatic carbocycles. The lowest BCUT2D eigenvalue weighted by atomic mass is 9.82. The highest BCUT2D eigenvalue weighted by molar-refractivity contribution is 6.17. The van der Waals surface area contributed by atoms with E-state index in [2.05, 4.69) is 17.4 Å². The van der Waals surface area contributed by atoms with Crippen molar-refractivity contribution in [3.63, 3.8) is 0 Å². The minimum Gasteiger partial charge on any atom is -0.326 e. The summed E-state index contributed by atoms with van der Waals surface area (Å²) in [6.45, 7) is 0. The molecule has 1 N–H and O–H groups in total. The molecule has 0 radical (unpaired) electrons. The molecule has 0 fully saturated rings. The zero-order valence-corrected chi connectivity index (χ0v) is 12.6. The maximum absolute atomic E-state index is 12.6. The van der Waals surface area contributed by atoms with Gasteiger partial charge < -0.3 is 5.32 Å². The number of hydrogen-bond acceptors (Lipinski definition) is 1. The zero-order valence-electron chi connectivity index (χ0n) is 11.8. The van der Waals surface area contributed by atoms with Crippen molar-refractivity contribution >= 4 is 23.2 Å². The number of anilines is 1. The molecule has 2 aromatic carbocycles. The smallest absolute Gasteiger partial charge is 0.231 e. The molecule has 2 nitrogen and oxygen atoms in total. The van der Waals surface area contributed by atoms with Crippen LogP contribution in [0.3, 0.4) is 0 Å². The van der Waals surface area contributed by atoms with Crippen LogP contribution in [-0.2, 0) is 17.1 Å². The molecule has 1 amide bonds. The average Bonchev–Trinajstić information content (AvgIpc) is 2.54. The number of halogens is 1. The molecule has 0 spiro atoms. The number of amides is 1. The predicted molar refractivity (Wildman–Crippen MR) is 86.7 cm³/mol. The van der Waals surface area contributed by atoms with Gasteiger partial charge in [-0.3, -0.25) is 4.79 Å². The lowest BCUT2D eigenvalue weighted by Crippen LogP contribution is -2.24. The number of nitrogens with one attached hydrogen (secondary N) is 1. The Morgan fingerprint density at radius 2 is 2.05 bits per heavy atom. The van der Waals surface area contributed by atoms with Gasteiger partial charge in [0.2, 0.25) is 5.91 Å². The maximum atomic E-state index is 12.6. The van der Waals surface area contributed by atoms with E-state index in [4.69, 9.17) is 11.6 Å². The van der Waals surface area contributed by atoms with Gasteiger partial charge in [-0.05, 0) is 48.1 Å². The highest BCUT2D eigenvalue weighted by Gasteiger charge is 2.26. The van der Waals surface area contributed by atoms with E-state index < -0.39 is 0 Å². The van der Waals surface area contributed by atoms with Crippen molar-refractivity contribution in [2.75, 3.05) is 5.32 Å². The van der Waals surface area contributed by atoms with E-state index in [9.17, 15) is 4.79 Å². The van der Waals surface area contributed by atoms with Crippen LogP contribution in [0.1, 0.15) is 35.4 Å². The molecular formula is C18H18ClNO. The number of alkyl halides is 1. The fourth-order valence-electron chi connectivity index (χ4n) is 2.99. The molecular weight excluding hydrogens is 282 g/mol. The van der Waals surface area contributed by atoms with Crippen LogP contribution in [0.25, 0.3) is 0 Å². The summed E-state index contributed by atoms with van der Waals surface area (Å²) in [6.07, 6.45) is 3.05. The first-order chi connectivity index (χ1) is 10.3. The quantitative estimate of drug-likeness (QED) is 0.832. The second-order valence-corrected chi connectivity index (χ2v) is 5.73. The predicted octanol–water partition coefficient (Wildman–Crippen LogP) is 4.48. The minimum atomic E-state index is -0.0467. The summed E-state index contributed by atoms with van der Waals surface area (Å²) in [5.74, 6) is 0.485. The third-order valence-corrected chi connectivity index (χ3v) is 4.34. The largest absolute Gasteiger partial charge is 0.326 e. The molecule has 2 aromatic rings. The Balaban J connectivity index is 1.80. The maximum Gasteiger partial charge on any atom is 0.231 e. The molecule has 0 aliphatic heterocycles. The van der Waals surface area contributed by atoms with Crippen LogP contribution in [0.5, 0.6) is 0 Å². The lowest BCUT2D eigenvalue weighted by Gasteiger charge is -2.24. The fraction of sp³-hybridized carbons (Fsp3) is 0.278. The van der Waals surface area contributed by atoms with Crippen LogP contribution in [0.4, 0.5) is 5.69 Å². The van der Waals surface area contributed by atoms with Gasteiger partial charge in [0.25, 0.3) is 0 Å². The van der Waals surface area contributed by atoms with E-state index in [1.54, 1.807) is 0 Å². The second-order valence-electron chi connectivity index (χ2n) is 5.47. The summed E-state index contributed by atoms with van der Waals surface area (Å²) in [5, 5.41) is 3.03. The third kappa shape index (κ3) is 3.11. The van der Waals surface area contributed by atoms with Crippen LogP contribution in [-0.4, -0.2) is 5.91 Å². The molecule has 21 heavy (non-hydrogen) atoms. The molecule has 3 rings (SSSR count). The van der Waals surface area contributed by atoms with Gasteiger partial charge in [-0.25, -0.2) is 0 Å². The Bertz CT molecular complexity index is 653. The number of carbonyl (C=O) groups excluding carboxylic acids is 1. The average molecular weight is 300 g/mol. The van der Waals surface area contributed by atoms with E-state index in [1.807, 2.05) is 36.4 Å². The number of carbonyl (C=O) groups is 1. The van der Waals surface area contributed by atoms with E-state index in [0.717, 1.165) is 30.5 Å². The normalized spacial score (nSPS) is 17.1. The van der Waals surface area contributed by atoms with Crippen molar-refractivity contribution in [3.05, 3.63) is 65.2 Å². The van der Waals surface area contributed by atoms with Gasteiger partial charge in [0.1, 0.15) is 0 Å². The third-order valence-electron chi connectivity index (χ3n) is 4.03. The Labute approximate surface area is 130 Å². The SMILES string of the molecule is O=C(Nc1cccc(CCl)c1)C1CCCc2ccccc21. The Kier molecular flexibility index (Phi) is 4.26. The van der Waals surface area contributed by atoms with Crippen molar-refractivity contribution in [1.29, 1.82) is 0 Å². The van der Waals surface area contributed by atoms with E-state index in [1.165, 1.54) is 11.1 Å². The summed E-state index contributed by atoms with van der Waals surface area (Å²) in [5.41, 5.74) is 4.31. The van der Waals surface area contributed by atoms with Gasteiger partial charge in [0.15, 0.2) is 0 Å². The minimum absolute atomic E-state index is 0.0467. The Hall–Kier alpha value is -1.80. The lowest BCUT2D eigenvalue weighted by molar-refractivity contribution is -0.117. The van der Waals surface area contributed by atoms with Gasteiger partial charge in [-0.2, -0.15) is 0 Å². The van der Waals surface area contributed by atoms with Crippen molar-refractivity contribution in [1.82, 2.24) is 0 Å². The van der Waals surface area contributed by atoms with Crippen LogP contribution in [0, 0.1) is 0 Å². The molecule has 0 heterocycles. The summed E-state index contributed by atoms with van der Waals surface area (Å²) in [4.78, 5) is 12.6. The first-order valence-corrected chi connectivity index (χ1v) is 7.85. The fourth-order valence-corrected chi connectivity index (χ4v) is 3.15. The highest BCUT2D eigenvalue weighted by Crippen LogP contribution is 2.32. The van der Waals surface area contributed by atoms with Crippen molar-refractivity contribution in [2.45, 2.75) is 31.1 Å².